The summed E-state index contributed by atoms with van der Waals surface area (Å²) in [6.45, 7) is 30.2. The second kappa shape index (κ2) is 29.1. The first-order valence-electron chi connectivity index (χ1n) is 17.9. The standard InChI is InChI=1S/C17H24.C14H21N.C6H11N.C4H6F2.C2H6/c1-5-16-10-12-17(13-11-16)15(4)9-7-6-8-14(2)3;1-13-6-8-14(9-7-13)5-4-12-15-10-2-3-11-15;1-3-4-6(2)5-7;1-3-4(2,5)6;1-2/h10-13H,2,4-9H2,1,3H3;6-9H,2-5,10-12H2,1H3;6H,3-4H2,1-2H3;3H,1H2,2H3;1-2H3. The molecular formula is C43H68F2N2. The molecule has 0 aromatic heterocycles. The molecule has 4 heteroatoms. The van der Waals surface area contributed by atoms with Gasteiger partial charge in [0.05, 0.1) is 6.07 Å². The van der Waals surface area contributed by atoms with Crippen molar-refractivity contribution in [2.24, 2.45) is 5.92 Å². The third-order valence-electron chi connectivity index (χ3n) is 7.66. The lowest BCUT2D eigenvalue weighted by Gasteiger charge is -2.13. The predicted molar refractivity (Wildman–Crippen MR) is 205 cm³/mol. The fraction of sp³-hybridized carbons (Fsp3) is 0.558. The number of likely N-dealkylation sites (tertiary alicyclic amines) is 1. The van der Waals surface area contributed by atoms with E-state index in [9.17, 15) is 8.78 Å². The van der Waals surface area contributed by atoms with Gasteiger partial charge in [0.2, 0.25) is 0 Å². The summed E-state index contributed by atoms with van der Waals surface area (Å²) in [7, 11) is 0. The van der Waals surface area contributed by atoms with Crippen LogP contribution in [-0.2, 0) is 12.8 Å². The molecule has 0 saturated carbocycles. The number of hydrogen-bond donors (Lipinski definition) is 0. The third kappa shape index (κ3) is 27.8. The van der Waals surface area contributed by atoms with Crippen molar-refractivity contribution in [1.82, 2.24) is 4.90 Å². The van der Waals surface area contributed by atoms with E-state index in [0.29, 0.717) is 6.08 Å². The Balaban J connectivity index is 0. The summed E-state index contributed by atoms with van der Waals surface area (Å²) >= 11 is 0. The highest BCUT2D eigenvalue weighted by Gasteiger charge is 2.12. The molecule has 0 radical (unpaired) electrons. The second-order valence-electron chi connectivity index (χ2n) is 12.4. The summed E-state index contributed by atoms with van der Waals surface area (Å²) in [6.07, 6.45) is 13.9. The molecule has 0 spiro atoms. The van der Waals surface area contributed by atoms with Crippen molar-refractivity contribution in [2.75, 3.05) is 19.6 Å². The number of halogens is 2. The molecular weight excluding hydrogens is 582 g/mol. The van der Waals surface area contributed by atoms with Gasteiger partial charge in [-0.1, -0.05) is 107 Å². The van der Waals surface area contributed by atoms with Gasteiger partial charge in [0.25, 0.3) is 5.92 Å². The first kappa shape index (κ1) is 46.1. The molecule has 47 heavy (non-hydrogen) atoms. The molecule has 0 amide bonds. The van der Waals surface area contributed by atoms with E-state index in [1.54, 1.807) is 0 Å². The highest BCUT2D eigenvalue weighted by atomic mass is 19.3. The van der Waals surface area contributed by atoms with E-state index in [4.69, 9.17) is 5.26 Å². The van der Waals surface area contributed by atoms with Crippen LogP contribution in [-0.4, -0.2) is 30.5 Å². The van der Waals surface area contributed by atoms with Crippen LogP contribution in [0.2, 0.25) is 0 Å². The highest BCUT2D eigenvalue weighted by molar-refractivity contribution is 5.63. The smallest absolute Gasteiger partial charge is 0.263 e. The lowest BCUT2D eigenvalue weighted by molar-refractivity contribution is 0.0779. The van der Waals surface area contributed by atoms with Gasteiger partial charge in [0.15, 0.2) is 0 Å². The molecule has 2 aromatic rings. The molecule has 0 N–H and O–H groups in total. The molecule has 1 fully saturated rings. The number of benzene rings is 2. The fourth-order valence-electron chi connectivity index (χ4n) is 4.65. The quantitative estimate of drug-likeness (QED) is 0.150. The van der Waals surface area contributed by atoms with Crippen molar-refractivity contribution in [1.29, 1.82) is 5.26 Å². The molecule has 1 aliphatic heterocycles. The largest absolute Gasteiger partial charge is 0.303 e. The van der Waals surface area contributed by atoms with Crippen LogP contribution in [0.5, 0.6) is 0 Å². The number of unbranched alkanes of at least 4 members (excludes halogenated alkanes) is 1. The van der Waals surface area contributed by atoms with Crippen molar-refractivity contribution < 1.29 is 8.78 Å². The van der Waals surface area contributed by atoms with Gasteiger partial charge in [-0.2, -0.15) is 5.26 Å². The SMILES string of the molecule is C=C(C)CCCCC(=C)c1ccc(CC)cc1.C=CC(C)(F)F.CC.CCCC(C)C#N.Cc1ccc(CCCN2CCCC2)cc1. The monoisotopic (exact) mass is 651 g/mol. The number of aryl methyl sites for hydroxylation is 3. The maximum atomic E-state index is 11.3. The lowest BCUT2D eigenvalue weighted by atomic mass is 9.99. The number of alkyl halides is 2. The average molecular weight is 651 g/mol. The Morgan fingerprint density at radius 2 is 1.45 bits per heavy atom. The Kier molecular flexibility index (Phi) is 28.6. The van der Waals surface area contributed by atoms with Crippen LogP contribution in [0.4, 0.5) is 8.78 Å². The highest BCUT2D eigenvalue weighted by Crippen LogP contribution is 2.20. The Morgan fingerprint density at radius 1 is 0.936 bits per heavy atom. The maximum absolute atomic E-state index is 11.3. The number of rotatable bonds is 14. The van der Waals surface area contributed by atoms with E-state index in [-0.39, 0.29) is 5.92 Å². The Morgan fingerprint density at radius 3 is 1.87 bits per heavy atom. The summed E-state index contributed by atoms with van der Waals surface area (Å²) in [5.74, 6) is -2.44. The van der Waals surface area contributed by atoms with Gasteiger partial charge < -0.3 is 4.90 Å². The zero-order valence-corrected chi connectivity index (χ0v) is 31.4. The van der Waals surface area contributed by atoms with Crippen molar-refractivity contribution in [3.63, 3.8) is 0 Å². The number of nitrogens with zero attached hydrogens (tertiary/aromatic N) is 2. The van der Waals surface area contributed by atoms with Crippen LogP contribution in [0.25, 0.3) is 5.57 Å². The minimum absolute atomic E-state index is 0.255. The summed E-state index contributed by atoms with van der Waals surface area (Å²) in [4.78, 5) is 2.59. The summed E-state index contributed by atoms with van der Waals surface area (Å²) in [5.41, 5.74) is 8.07. The number of allylic oxidation sites excluding steroid dienone is 3. The average Bonchev–Trinajstić information content (AvgIpc) is 3.59. The fourth-order valence-corrected chi connectivity index (χ4v) is 4.65. The van der Waals surface area contributed by atoms with E-state index in [0.717, 1.165) is 39.0 Å². The molecule has 264 valence electrons. The van der Waals surface area contributed by atoms with Crippen molar-refractivity contribution in [3.05, 3.63) is 102 Å². The maximum Gasteiger partial charge on any atom is 0.263 e. The Hall–Kier alpha value is -3.03. The Bertz CT molecular complexity index is 1100. The van der Waals surface area contributed by atoms with Gasteiger partial charge in [-0.05, 0) is 133 Å². The van der Waals surface area contributed by atoms with Crippen LogP contribution in [0, 0.1) is 24.2 Å². The lowest BCUT2D eigenvalue weighted by Crippen LogP contribution is -2.20. The van der Waals surface area contributed by atoms with Crippen LogP contribution in [0.15, 0.2) is 79.9 Å². The van der Waals surface area contributed by atoms with E-state index in [1.165, 1.54) is 91.6 Å². The van der Waals surface area contributed by atoms with Crippen LogP contribution in [0.3, 0.4) is 0 Å². The van der Waals surface area contributed by atoms with Crippen molar-refractivity contribution in [3.8, 4) is 6.07 Å². The first-order valence-corrected chi connectivity index (χ1v) is 17.9. The molecule has 1 atom stereocenters. The van der Waals surface area contributed by atoms with Crippen LogP contribution < -0.4 is 0 Å². The van der Waals surface area contributed by atoms with Crippen molar-refractivity contribution >= 4 is 5.57 Å². The van der Waals surface area contributed by atoms with Crippen LogP contribution >= 0.6 is 0 Å². The first-order chi connectivity index (χ1) is 22.3. The minimum Gasteiger partial charge on any atom is -0.303 e. The van der Waals surface area contributed by atoms with Gasteiger partial charge >= 0.3 is 0 Å². The molecule has 3 rings (SSSR count). The zero-order valence-electron chi connectivity index (χ0n) is 31.4. The normalized spacial score (nSPS) is 12.6. The molecule has 1 heterocycles. The van der Waals surface area contributed by atoms with Crippen molar-refractivity contribution in [2.45, 2.75) is 132 Å². The molecule has 1 unspecified atom stereocenters. The summed E-state index contributed by atoms with van der Waals surface area (Å²) < 4.78 is 22.7. The minimum atomic E-state index is -2.69. The molecule has 0 bridgehead atoms. The van der Waals surface area contributed by atoms with Gasteiger partial charge in [0.1, 0.15) is 0 Å². The van der Waals surface area contributed by atoms with Gasteiger partial charge in [0, 0.05) is 12.8 Å². The zero-order chi connectivity index (χ0) is 36.1. The predicted octanol–water partition coefficient (Wildman–Crippen LogP) is 13.2. The molecule has 2 nitrogen and oxygen atoms in total. The van der Waals surface area contributed by atoms with E-state index < -0.39 is 5.92 Å². The summed E-state index contributed by atoms with van der Waals surface area (Å²) in [5, 5.41) is 8.22. The molecule has 0 aliphatic carbocycles. The number of hydrogen-bond acceptors (Lipinski definition) is 2. The molecule has 1 saturated heterocycles. The topological polar surface area (TPSA) is 27.0 Å². The number of nitriles is 1. The van der Waals surface area contributed by atoms with Gasteiger partial charge in [-0.3, -0.25) is 0 Å². The third-order valence-corrected chi connectivity index (χ3v) is 7.66. The van der Waals surface area contributed by atoms with Crippen LogP contribution in [0.1, 0.15) is 129 Å². The van der Waals surface area contributed by atoms with E-state index in [2.05, 4.69) is 107 Å². The van der Waals surface area contributed by atoms with Gasteiger partial charge in [-0.15, -0.1) is 6.58 Å². The van der Waals surface area contributed by atoms with Gasteiger partial charge in [-0.25, -0.2) is 8.78 Å². The molecule has 2 aromatic carbocycles. The second-order valence-corrected chi connectivity index (χ2v) is 12.4. The summed E-state index contributed by atoms with van der Waals surface area (Å²) in [6, 6.07) is 19.9. The Labute approximate surface area is 289 Å². The van der Waals surface area contributed by atoms with E-state index in [1.807, 2.05) is 20.8 Å². The van der Waals surface area contributed by atoms with E-state index >= 15 is 0 Å². The molecule has 1 aliphatic rings.